The standard InChI is InChI=1S/C17H29N/c1-17(2)9-15(10-18(17)3)16-13-5-11-4-12(7-13)8-14(16)6-11/h11-16H,4-10H2,1-3H3. The van der Waals surface area contributed by atoms with Crippen LogP contribution in [-0.4, -0.2) is 24.0 Å². The number of likely N-dealkylation sites (tertiary alicyclic amines) is 1. The van der Waals surface area contributed by atoms with Crippen LogP contribution < -0.4 is 0 Å². The molecule has 4 saturated carbocycles. The molecule has 5 fully saturated rings. The van der Waals surface area contributed by atoms with Crippen LogP contribution >= 0.6 is 0 Å². The van der Waals surface area contributed by atoms with E-state index in [-0.39, 0.29) is 0 Å². The monoisotopic (exact) mass is 247 g/mol. The molecule has 0 aromatic heterocycles. The third-order valence-electron chi connectivity index (χ3n) is 7.15. The Morgan fingerprint density at radius 3 is 1.83 bits per heavy atom. The van der Waals surface area contributed by atoms with E-state index in [0.29, 0.717) is 5.54 Å². The van der Waals surface area contributed by atoms with Crippen molar-refractivity contribution in [3.63, 3.8) is 0 Å². The Kier molecular flexibility index (Phi) is 2.45. The zero-order valence-corrected chi connectivity index (χ0v) is 12.4. The predicted molar refractivity (Wildman–Crippen MR) is 75.4 cm³/mol. The molecule has 1 unspecified atom stereocenters. The van der Waals surface area contributed by atoms with E-state index in [1.165, 1.54) is 13.0 Å². The minimum atomic E-state index is 0.458. The van der Waals surface area contributed by atoms with Crippen molar-refractivity contribution in [2.45, 2.75) is 57.9 Å². The van der Waals surface area contributed by atoms with Crippen molar-refractivity contribution in [2.24, 2.45) is 35.5 Å². The largest absolute Gasteiger partial charge is 0.301 e. The molecule has 0 amide bonds. The second-order valence-electron chi connectivity index (χ2n) is 8.67. The lowest BCUT2D eigenvalue weighted by atomic mass is 9.49. The average molecular weight is 247 g/mol. The minimum Gasteiger partial charge on any atom is -0.301 e. The fourth-order valence-electron chi connectivity index (χ4n) is 6.46. The van der Waals surface area contributed by atoms with Crippen LogP contribution in [0.25, 0.3) is 0 Å². The van der Waals surface area contributed by atoms with E-state index in [0.717, 1.165) is 35.5 Å². The van der Waals surface area contributed by atoms with Gasteiger partial charge in [0.1, 0.15) is 0 Å². The molecule has 5 aliphatic rings. The summed E-state index contributed by atoms with van der Waals surface area (Å²) in [6, 6.07) is 0. The average Bonchev–Trinajstić information content (AvgIpc) is 2.51. The zero-order chi connectivity index (χ0) is 12.5. The molecule has 1 atom stereocenters. The van der Waals surface area contributed by atoms with Gasteiger partial charge < -0.3 is 4.90 Å². The molecule has 102 valence electrons. The molecule has 0 aromatic carbocycles. The SMILES string of the molecule is CN1CC(C2C3CC4CC(C3)CC2C4)CC1(C)C. The molecule has 0 aromatic rings. The molecule has 0 spiro atoms. The van der Waals surface area contributed by atoms with Gasteiger partial charge in [-0.15, -0.1) is 0 Å². The molecule has 1 heteroatoms. The molecular weight excluding hydrogens is 218 g/mol. The second kappa shape index (κ2) is 3.75. The third-order valence-corrected chi connectivity index (χ3v) is 7.15. The van der Waals surface area contributed by atoms with Gasteiger partial charge in [0.15, 0.2) is 0 Å². The molecule has 0 radical (unpaired) electrons. The second-order valence-corrected chi connectivity index (χ2v) is 8.67. The molecule has 4 bridgehead atoms. The smallest absolute Gasteiger partial charge is 0.0153 e. The van der Waals surface area contributed by atoms with Crippen molar-refractivity contribution >= 4 is 0 Å². The Bertz CT molecular complexity index is 318. The van der Waals surface area contributed by atoms with Gasteiger partial charge in [-0.2, -0.15) is 0 Å². The van der Waals surface area contributed by atoms with E-state index in [2.05, 4.69) is 25.8 Å². The summed E-state index contributed by atoms with van der Waals surface area (Å²) in [6.07, 6.45) is 9.43. The fourth-order valence-corrected chi connectivity index (χ4v) is 6.46. The lowest BCUT2D eigenvalue weighted by molar-refractivity contribution is -0.0596. The highest BCUT2D eigenvalue weighted by molar-refractivity contribution is 5.03. The van der Waals surface area contributed by atoms with Crippen LogP contribution in [0.4, 0.5) is 0 Å². The highest BCUT2D eigenvalue weighted by Gasteiger charge is 2.52. The van der Waals surface area contributed by atoms with E-state index in [4.69, 9.17) is 0 Å². The van der Waals surface area contributed by atoms with E-state index in [1.54, 1.807) is 32.1 Å². The highest BCUT2D eigenvalue weighted by atomic mass is 15.2. The van der Waals surface area contributed by atoms with E-state index in [9.17, 15) is 0 Å². The van der Waals surface area contributed by atoms with Gasteiger partial charge >= 0.3 is 0 Å². The maximum absolute atomic E-state index is 2.63. The molecule has 1 heterocycles. The molecule has 1 nitrogen and oxygen atoms in total. The fraction of sp³-hybridized carbons (Fsp3) is 1.00. The predicted octanol–water partition coefficient (Wildman–Crippen LogP) is 3.79. The number of hydrogen-bond donors (Lipinski definition) is 0. The Morgan fingerprint density at radius 2 is 1.39 bits per heavy atom. The van der Waals surface area contributed by atoms with Gasteiger partial charge in [0, 0.05) is 12.1 Å². The quantitative estimate of drug-likeness (QED) is 0.681. The molecule has 18 heavy (non-hydrogen) atoms. The Labute approximate surface area is 112 Å². The molecule has 1 saturated heterocycles. The normalized spacial score (nSPS) is 54.2. The first-order chi connectivity index (χ1) is 8.53. The summed E-state index contributed by atoms with van der Waals surface area (Å²) < 4.78 is 0. The Hall–Kier alpha value is -0.0400. The third kappa shape index (κ3) is 1.62. The summed E-state index contributed by atoms with van der Waals surface area (Å²) in [5.41, 5.74) is 0.458. The van der Waals surface area contributed by atoms with Gasteiger partial charge in [-0.05, 0) is 94.9 Å². The summed E-state index contributed by atoms with van der Waals surface area (Å²) in [7, 11) is 2.34. The molecule has 0 N–H and O–H groups in total. The van der Waals surface area contributed by atoms with Crippen molar-refractivity contribution in [3.05, 3.63) is 0 Å². The van der Waals surface area contributed by atoms with Crippen molar-refractivity contribution in [3.8, 4) is 0 Å². The van der Waals surface area contributed by atoms with Gasteiger partial charge in [-0.25, -0.2) is 0 Å². The van der Waals surface area contributed by atoms with Crippen molar-refractivity contribution in [1.29, 1.82) is 0 Å². The van der Waals surface area contributed by atoms with E-state index in [1.807, 2.05) is 0 Å². The van der Waals surface area contributed by atoms with Crippen LogP contribution in [-0.2, 0) is 0 Å². The minimum absolute atomic E-state index is 0.458. The van der Waals surface area contributed by atoms with Crippen LogP contribution in [0.1, 0.15) is 52.4 Å². The topological polar surface area (TPSA) is 3.24 Å². The first-order valence-electron chi connectivity index (χ1n) is 8.24. The summed E-state index contributed by atoms with van der Waals surface area (Å²) in [5, 5.41) is 0. The van der Waals surface area contributed by atoms with Gasteiger partial charge in [-0.1, -0.05) is 0 Å². The van der Waals surface area contributed by atoms with E-state index < -0.39 is 0 Å². The van der Waals surface area contributed by atoms with Crippen molar-refractivity contribution in [1.82, 2.24) is 4.90 Å². The Balaban J connectivity index is 1.56. The first kappa shape index (κ1) is 11.8. The van der Waals surface area contributed by atoms with Gasteiger partial charge in [0.25, 0.3) is 0 Å². The summed E-state index contributed by atoms with van der Waals surface area (Å²) in [4.78, 5) is 2.63. The molecule has 5 rings (SSSR count). The summed E-state index contributed by atoms with van der Waals surface area (Å²) >= 11 is 0. The lowest BCUT2D eigenvalue weighted by Gasteiger charge is -2.56. The zero-order valence-electron chi connectivity index (χ0n) is 12.4. The highest BCUT2D eigenvalue weighted by Crippen LogP contribution is 2.60. The van der Waals surface area contributed by atoms with E-state index >= 15 is 0 Å². The molecule has 1 aliphatic heterocycles. The van der Waals surface area contributed by atoms with Gasteiger partial charge in [-0.3, -0.25) is 0 Å². The first-order valence-corrected chi connectivity index (χ1v) is 8.24. The number of rotatable bonds is 1. The number of hydrogen-bond acceptors (Lipinski definition) is 1. The maximum atomic E-state index is 2.63. The lowest BCUT2D eigenvalue weighted by Crippen LogP contribution is -2.48. The molecule has 4 aliphatic carbocycles. The van der Waals surface area contributed by atoms with Crippen molar-refractivity contribution < 1.29 is 0 Å². The summed E-state index contributed by atoms with van der Waals surface area (Å²) in [6.45, 7) is 6.27. The van der Waals surface area contributed by atoms with Gasteiger partial charge in [0.2, 0.25) is 0 Å². The van der Waals surface area contributed by atoms with Crippen LogP contribution in [0.2, 0.25) is 0 Å². The summed E-state index contributed by atoms with van der Waals surface area (Å²) in [5.74, 6) is 6.62. The number of nitrogens with zero attached hydrogens (tertiary/aromatic N) is 1. The molecular formula is C17H29N. The van der Waals surface area contributed by atoms with Crippen LogP contribution in [0.3, 0.4) is 0 Å². The van der Waals surface area contributed by atoms with Crippen LogP contribution in [0, 0.1) is 35.5 Å². The van der Waals surface area contributed by atoms with Crippen molar-refractivity contribution in [2.75, 3.05) is 13.6 Å². The van der Waals surface area contributed by atoms with Crippen LogP contribution in [0.5, 0.6) is 0 Å². The van der Waals surface area contributed by atoms with Crippen LogP contribution in [0.15, 0.2) is 0 Å². The maximum Gasteiger partial charge on any atom is 0.0153 e. The Morgan fingerprint density at radius 1 is 0.833 bits per heavy atom. The van der Waals surface area contributed by atoms with Gasteiger partial charge in [0.05, 0.1) is 0 Å².